The maximum Gasteiger partial charge on any atom is 0.136 e. The van der Waals surface area contributed by atoms with Crippen molar-refractivity contribution in [2.24, 2.45) is 0 Å². The lowest BCUT2D eigenvalue weighted by atomic mass is 10.1. The monoisotopic (exact) mass is 267 g/mol. The summed E-state index contributed by atoms with van der Waals surface area (Å²) in [4.78, 5) is 0. The molecule has 0 spiro atoms. The largest absolute Gasteiger partial charge is 0.598 e. The summed E-state index contributed by atoms with van der Waals surface area (Å²) >= 11 is -1.06. The molecule has 2 rings (SSSR count). The SMILES string of the molecule is C[C@H](N[S+]([O-])C(C)(C)C)C1Cc2ccccc2O1. The van der Waals surface area contributed by atoms with Gasteiger partial charge in [-0.15, -0.1) is 4.72 Å². The van der Waals surface area contributed by atoms with Crippen LogP contribution in [0, 0.1) is 0 Å². The highest BCUT2D eigenvalue weighted by Crippen LogP contribution is 2.29. The van der Waals surface area contributed by atoms with E-state index in [0.29, 0.717) is 0 Å². The molecule has 0 bridgehead atoms. The van der Waals surface area contributed by atoms with Crippen LogP contribution in [0.25, 0.3) is 0 Å². The number of hydrogen-bond acceptors (Lipinski definition) is 3. The Labute approximate surface area is 112 Å². The van der Waals surface area contributed by atoms with E-state index < -0.39 is 11.4 Å². The van der Waals surface area contributed by atoms with Crippen molar-refractivity contribution >= 4 is 11.4 Å². The lowest BCUT2D eigenvalue weighted by molar-refractivity contribution is 0.198. The van der Waals surface area contributed by atoms with Crippen LogP contribution in [0.15, 0.2) is 24.3 Å². The number of ether oxygens (including phenoxy) is 1. The van der Waals surface area contributed by atoms with E-state index >= 15 is 0 Å². The van der Waals surface area contributed by atoms with Gasteiger partial charge in [0.2, 0.25) is 0 Å². The number of fused-ring (bicyclic) bond motifs is 1. The molecule has 1 aromatic carbocycles. The molecule has 0 fully saturated rings. The fourth-order valence-electron chi connectivity index (χ4n) is 1.91. The Bertz CT molecular complexity index is 392. The molecular weight excluding hydrogens is 246 g/mol. The molecule has 0 radical (unpaired) electrons. The third-order valence-electron chi connectivity index (χ3n) is 3.08. The average Bonchev–Trinajstić information content (AvgIpc) is 2.71. The highest BCUT2D eigenvalue weighted by atomic mass is 32.2. The van der Waals surface area contributed by atoms with E-state index in [0.717, 1.165) is 12.2 Å². The van der Waals surface area contributed by atoms with Gasteiger partial charge in [-0.1, -0.05) is 18.2 Å². The normalized spacial score (nSPS) is 22.2. The smallest absolute Gasteiger partial charge is 0.136 e. The minimum atomic E-state index is -1.06. The van der Waals surface area contributed by atoms with Gasteiger partial charge < -0.3 is 9.29 Å². The van der Waals surface area contributed by atoms with Crippen molar-refractivity contribution in [2.75, 3.05) is 0 Å². The van der Waals surface area contributed by atoms with Gasteiger partial charge in [0.15, 0.2) is 0 Å². The summed E-state index contributed by atoms with van der Waals surface area (Å²) in [5, 5.41) is 0. The molecule has 0 amide bonds. The zero-order valence-electron chi connectivity index (χ0n) is 11.4. The Morgan fingerprint density at radius 1 is 1.39 bits per heavy atom. The molecule has 0 aromatic heterocycles. The summed E-state index contributed by atoms with van der Waals surface area (Å²) in [7, 11) is 0. The molecule has 18 heavy (non-hydrogen) atoms. The van der Waals surface area contributed by atoms with E-state index in [4.69, 9.17) is 4.74 Å². The Kier molecular flexibility index (Phi) is 3.90. The second-order valence-electron chi connectivity index (χ2n) is 5.76. The van der Waals surface area contributed by atoms with Crippen LogP contribution in [0.1, 0.15) is 33.3 Å². The molecule has 2 unspecified atom stereocenters. The van der Waals surface area contributed by atoms with Crippen LogP contribution < -0.4 is 9.46 Å². The van der Waals surface area contributed by atoms with E-state index in [2.05, 4.69) is 10.8 Å². The van der Waals surface area contributed by atoms with Gasteiger partial charge in [-0.05, 0) is 39.3 Å². The van der Waals surface area contributed by atoms with Crippen LogP contribution in [0.5, 0.6) is 5.75 Å². The van der Waals surface area contributed by atoms with Crippen molar-refractivity contribution in [3.05, 3.63) is 29.8 Å². The van der Waals surface area contributed by atoms with Gasteiger partial charge in [-0.3, -0.25) is 0 Å². The van der Waals surface area contributed by atoms with E-state index in [1.165, 1.54) is 5.56 Å². The molecule has 0 saturated heterocycles. The predicted molar refractivity (Wildman–Crippen MR) is 75.1 cm³/mol. The lowest BCUT2D eigenvalue weighted by Crippen LogP contribution is -2.49. The van der Waals surface area contributed by atoms with Gasteiger partial charge in [0.25, 0.3) is 0 Å². The van der Waals surface area contributed by atoms with E-state index in [9.17, 15) is 4.55 Å². The molecule has 1 aliphatic heterocycles. The third-order valence-corrected chi connectivity index (χ3v) is 4.78. The van der Waals surface area contributed by atoms with Crippen molar-refractivity contribution in [2.45, 2.75) is 51.0 Å². The number of benzene rings is 1. The van der Waals surface area contributed by atoms with Gasteiger partial charge in [0, 0.05) is 17.8 Å². The molecular formula is C14H21NO2S. The first-order valence-electron chi connectivity index (χ1n) is 6.30. The third kappa shape index (κ3) is 2.99. The first-order valence-corrected chi connectivity index (χ1v) is 7.45. The topological polar surface area (TPSA) is 44.3 Å². The zero-order valence-corrected chi connectivity index (χ0v) is 12.2. The van der Waals surface area contributed by atoms with E-state index in [1.807, 2.05) is 45.9 Å². The summed E-state index contributed by atoms with van der Waals surface area (Å²) in [6.45, 7) is 7.92. The summed E-state index contributed by atoms with van der Waals surface area (Å²) in [6, 6.07) is 8.14. The quantitative estimate of drug-likeness (QED) is 0.855. The fraction of sp³-hybridized carbons (Fsp3) is 0.571. The van der Waals surface area contributed by atoms with Crippen molar-refractivity contribution in [1.29, 1.82) is 0 Å². The second-order valence-corrected chi connectivity index (χ2v) is 7.75. The Morgan fingerprint density at radius 3 is 2.67 bits per heavy atom. The van der Waals surface area contributed by atoms with Crippen LogP contribution in [-0.4, -0.2) is 21.4 Å². The van der Waals surface area contributed by atoms with E-state index in [1.54, 1.807) is 0 Å². The summed E-state index contributed by atoms with van der Waals surface area (Å²) in [6.07, 6.45) is 0.944. The highest BCUT2D eigenvalue weighted by Gasteiger charge is 2.34. The highest BCUT2D eigenvalue weighted by molar-refractivity contribution is 7.90. The lowest BCUT2D eigenvalue weighted by Gasteiger charge is -2.28. The van der Waals surface area contributed by atoms with Crippen LogP contribution in [0.3, 0.4) is 0 Å². The molecule has 100 valence electrons. The van der Waals surface area contributed by atoms with Gasteiger partial charge in [-0.25, -0.2) is 0 Å². The number of hydrogen-bond donors (Lipinski definition) is 1. The molecule has 1 aromatic rings. The Morgan fingerprint density at radius 2 is 2.06 bits per heavy atom. The maximum atomic E-state index is 12.0. The molecule has 1 N–H and O–H groups in total. The van der Waals surface area contributed by atoms with Crippen molar-refractivity contribution < 1.29 is 9.29 Å². The van der Waals surface area contributed by atoms with Gasteiger partial charge in [-0.2, -0.15) is 0 Å². The van der Waals surface area contributed by atoms with Crippen LogP contribution in [-0.2, 0) is 17.8 Å². The molecule has 3 nitrogen and oxygen atoms in total. The first kappa shape index (κ1) is 13.7. The summed E-state index contributed by atoms with van der Waals surface area (Å²) in [5.74, 6) is 0.956. The van der Waals surface area contributed by atoms with Crippen LogP contribution in [0.2, 0.25) is 0 Å². The summed E-state index contributed by atoms with van der Waals surface area (Å²) < 4.78 is 20.8. The molecule has 1 heterocycles. The van der Waals surface area contributed by atoms with Gasteiger partial charge >= 0.3 is 0 Å². The Balaban J connectivity index is 1.95. The zero-order chi connectivity index (χ0) is 13.3. The van der Waals surface area contributed by atoms with Crippen molar-refractivity contribution in [1.82, 2.24) is 4.72 Å². The van der Waals surface area contributed by atoms with Gasteiger partial charge in [0.1, 0.15) is 16.6 Å². The molecule has 0 saturated carbocycles. The van der Waals surface area contributed by atoms with E-state index in [-0.39, 0.29) is 16.9 Å². The number of rotatable bonds is 3. The van der Waals surface area contributed by atoms with Gasteiger partial charge in [0.05, 0.1) is 6.04 Å². The summed E-state index contributed by atoms with van der Waals surface area (Å²) in [5.41, 5.74) is 1.23. The molecule has 3 atom stereocenters. The standard InChI is InChI=1S/C14H21NO2S/c1-10(15-18(16)14(2,3)4)13-9-11-7-5-6-8-12(11)17-13/h5-8,10,13,15H,9H2,1-4H3/t10-,13?,18?/m0/s1. The first-order chi connectivity index (χ1) is 8.38. The number of nitrogens with one attached hydrogen (secondary N) is 1. The van der Waals surface area contributed by atoms with Crippen LogP contribution >= 0.6 is 0 Å². The second kappa shape index (κ2) is 5.11. The minimum absolute atomic E-state index is 0.0636. The molecule has 0 aliphatic carbocycles. The fourth-order valence-corrected chi connectivity index (χ4v) is 2.75. The van der Waals surface area contributed by atoms with Crippen molar-refractivity contribution in [3.63, 3.8) is 0 Å². The maximum absolute atomic E-state index is 12.0. The Hall–Kier alpha value is -0.710. The predicted octanol–water partition coefficient (Wildman–Crippen LogP) is 2.43. The van der Waals surface area contributed by atoms with Crippen LogP contribution in [0.4, 0.5) is 0 Å². The number of para-hydroxylation sites is 1. The molecule has 4 heteroatoms. The van der Waals surface area contributed by atoms with Crippen molar-refractivity contribution in [3.8, 4) is 5.75 Å². The average molecular weight is 267 g/mol. The minimum Gasteiger partial charge on any atom is -0.598 e. The molecule has 1 aliphatic rings.